The molecule has 1 heterocycles. The zero-order chi connectivity index (χ0) is 12.2. The predicted octanol–water partition coefficient (Wildman–Crippen LogP) is 3.79. The summed E-state index contributed by atoms with van der Waals surface area (Å²) in [4.78, 5) is 1.61. The molecule has 1 aromatic heterocycles. The number of benzene rings is 1. The maximum absolute atomic E-state index is 3.71. The van der Waals surface area contributed by atoms with Gasteiger partial charge in [-0.15, -0.1) is 11.3 Å². The van der Waals surface area contributed by atoms with Gasteiger partial charge in [0.25, 0.3) is 0 Å². The molecule has 1 aliphatic carbocycles. The van der Waals surface area contributed by atoms with Gasteiger partial charge in [-0.3, -0.25) is 0 Å². The molecule has 1 aliphatic rings. The summed E-state index contributed by atoms with van der Waals surface area (Å²) in [6.07, 6.45) is 5.04. The van der Waals surface area contributed by atoms with E-state index in [1.807, 2.05) is 11.3 Å². The molecule has 1 atom stereocenters. The molecule has 18 heavy (non-hydrogen) atoms. The van der Waals surface area contributed by atoms with E-state index in [4.69, 9.17) is 0 Å². The summed E-state index contributed by atoms with van der Waals surface area (Å²) in [7, 11) is 0. The summed E-state index contributed by atoms with van der Waals surface area (Å²) in [5.41, 5.74) is 2.97. The highest BCUT2D eigenvalue weighted by molar-refractivity contribution is 7.10. The largest absolute Gasteiger partial charge is 0.310 e. The third-order valence-corrected chi connectivity index (χ3v) is 4.78. The van der Waals surface area contributed by atoms with E-state index in [0.717, 1.165) is 6.54 Å². The first-order chi connectivity index (χ1) is 8.92. The summed E-state index contributed by atoms with van der Waals surface area (Å²) in [6.45, 7) is 0.999. The molecule has 0 saturated carbocycles. The van der Waals surface area contributed by atoms with Crippen LogP contribution in [0.4, 0.5) is 0 Å². The van der Waals surface area contributed by atoms with Crippen molar-refractivity contribution in [2.24, 2.45) is 0 Å². The fourth-order valence-electron chi connectivity index (χ4n) is 2.65. The first kappa shape index (κ1) is 11.9. The van der Waals surface area contributed by atoms with Crippen LogP contribution in [0.2, 0.25) is 0 Å². The monoisotopic (exact) mass is 257 g/mol. The Hall–Kier alpha value is -1.12. The Kier molecular flexibility index (Phi) is 3.77. The average Bonchev–Trinajstić information content (AvgIpc) is 2.78. The van der Waals surface area contributed by atoms with Crippen LogP contribution in [-0.2, 0) is 19.4 Å². The summed E-state index contributed by atoms with van der Waals surface area (Å²) >= 11 is 1.93. The molecule has 3 rings (SSSR count). The summed E-state index contributed by atoms with van der Waals surface area (Å²) < 4.78 is 0. The summed E-state index contributed by atoms with van der Waals surface area (Å²) in [6, 6.07) is 13.7. The molecule has 0 saturated heterocycles. The maximum atomic E-state index is 3.71. The Bertz CT molecular complexity index is 466. The van der Waals surface area contributed by atoms with Crippen LogP contribution >= 0.6 is 11.3 Å². The normalized spacial score (nSPS) is 19.2. The molecular formula is C16H19NS. The molecule has 0 spiro atoms. The lowest BCUT2D eigenvalue weighted by molar-refractivity contribution is 0.463. The van der Waals surface area contributed by atoms with Gasteiger partial charge in [-0.1, -0.05) is 30.3 Å². The van der Waals surface area contributed by atoms with E-state index in [0.29, 0.717) is 6.04 Å². The van der Waals surface area contributed by atoms with Crippen molar-refractivity contribution in [3.63, 3.8) is 0 Å². The van der Waals surface area contributed by atoms with Gasteiger partial charge in [0.2, 0.25) is 0 Å². The fraction of sp³-hybridized carbons (Fsp3) is 0.375. The predicted molar refractivity (Wildman–Crippen MR) is 78.0 cm³/mol. The number of hydrogen-bond acceptors (Lipinski definition) is 2. The molecular weight excluding hydrogens is 238 g/mol. The van der Waals surface area contributed by atoms with Gasteiger partial charge in [0, 0.05) is 17.5 Å². The zero-order valence-corrected chi connectivity index (χ0v) is 11.4. The number of thiophene rings is 1. The smallest absolute Gasteiger partial charge is 0.0208 e. The zero-order valence-electron chi connectivity index (χ0n) is 10.6. The van der Waals surface area contributed by atoms with Crippen molar-refractivity contribution < 1.29 is 0 Å². The van der Waals surface area contributed by atoms with Crippen LogP contribution in [0.25, 0.3) is 0 Å². The number of nitrogens with one attached hydrogen (secondary N) is 1. The third kappa shape index (κ3) is 2.82. The quantitative estimate of drug-likeness (QED) is 0.825. The van der Waals surface area contributed by atoms with Crippen LogP contribution in [0.15, 0.2) is 41.8 Å². The lowest BCUT2D eigenvalue weighted by Crippen LogP contribution is -2.28. The number of hydrogen-bond donors (Lipinski definition) is 1. The second-order valence-corrected chi connectivity index (χ2v) is 6.01. The minimum Gasteiger partial charge on any atom is -0.310 e. The van der Waals surface area contributed by atoms with E-state index in [9.17, 15) is 0 Å². The van der Waals surface area contributed by atoms with Crippen LogP contribution in [0, 0.1) is 0 Å². The van der Waals surface area contributed by atoms with E-state index in [1.54, 1.807) is 10.4 Å². The van der Waals surface area contributed by atoms with Crippen molar-refractivity contribution in [3.8, 4) is 0 Å². The van der Waals surface area contributed by atoms with Crippen LogP contribution in [0.5, 0.6) is 0 Å². The average molecular weight is 257 g/mol. The Labute approximate surface area is 113 Å². The molecule has 2 heteroatoms. The molecule has 1 N–H and O–H groups in total. The van der Waals surface area contributed by atoms with Gasteiger partial charge >= 0.3 is 0 Å². The van der Waals surface area contributed by atoms with E-state index in [-0.39, 0.29) is 0 Å². The second kappa shape index (κ2) is 5.68. The Morgan fingerprint density at radius 2 is 1.89 bits per heavy atom. The lowest BCUT2D eigenvalue weighted by Gasteiger charge is -2.16. The van der Waals surface area contributed by atoms with Gasteiger partial charge in [0.1, 0.15) is 0 Å². The van der Waals surface area contributed by atoms with Crippen molar-refractivity contribution >= 4 is 11.3 Å². The fourth-order valence-corrected chi connectivity index (χ4v) is 3.60. The topological polar surface area (TPSA) is 12.0 Å². The van der Waals surface area contributed by atoms with Crippen molar-refractivity contribution in [1.82, 2.24) is 5.32 Å². The minimum atomic E-state index is 0.671. The van der Waals surface area contributed by atoms with Crippen molar-refractivity contribution in [2.45, 2.75) is 38.3 Å². The van der Waals surface area contributed by atoms with E-state index in [2.05, 4.69) is 47.1 Å². The van der Waals surface area contributed by atoms with Gasteiger partial charge in [0.15, 0.2) is 0 Å². The van der Waals surface area contributed by atoms with Crippen LogP contribution < -0.4 is 5.32 Å². The Morgan fingerprint density at radius 1 is 1.06 bits per heavy atom. The SMILES string of the molecule is c1ccc(CNC2CCc3ccsc3CC2)cc1. The standard InChI is InChI=1S/C16H19NS/c1-2-4-13(5-3-1)12-17-15-7-6-14-10-11-18-16(14)9-8-15/h1-5,10-11,15,17H,6-9,12H2. The van der Waals surface area contributed by atoms with E-state index < -0.39 is 0 Å². The molecule has 0 aliphatic heterocycles. The molecule has 0 amide bonds. The second-order valence-electron chi connectivity index (χ2n) is 5.01. The molecule has 1 aromatic carbocycles. The Balaban J connectivity index is 1.55. The van der Waals surface area contributed by atoms with Gasteiger partial charge in [-0.05, 0) is 48.3 Å². The maximum Gasteiger partial charge on any atom is 0.0208 e. The highest BCUT2D eigenvalue weighted by atomic mass is 32.1. The molecule has 94 valence electrons. The number of aryl methyl sites for hydroxylation is 2. The lowest BCUT2D eigenvalue weighted by atomic mass is 10.1. The van der Waals surface area contributed by atoms with Gasteiger partial charge in [0.05, 0.1) is 0 Å². The first-order valence-electron chi connectivity index (χ1n) is 6.74. The van der Waals surface area contributed by atoms with Crippen molar-refractivity contribution in [1.29, 1.82) is 0 Å². The number of rotatable bonds is 3. The molecule has 1 unspecified atom stereocenters. The highest BCUT2D eigenvalue weighted by Crippen LogP contribution is 2.25. The van der Waals surface area contributed by atoms with Crippen LogP contribution in [-0.4, -0.2) is 6.04 Å². The molecule has 2 aromatic rings. The highest BCUT2D eigenvalue weighted by Gasteiger charge is 2.16. The summed E-state index contributed by atoms with van der Waals surface area (Å²) in [5.74, 6) is 0. The van der Waals surface area contributed by atoms with Crippen molar-refractivity contribution in [3.05, 3.63) is 57.8 Å². The van der Waals surface area contributed by atoms with Gasteiger partial charge in [-0.2, -0.15) is 0 Å². The van der Waals surface area contributed by atoms with E-state index in [1.165, 1.54) is 31.2 Å². The summed E-state index contributed by atoms with van der Waals surface area (Å²) in [5, 5.41) is 5.95. The van der Waals surface area contributed by atoms with Gasteiger partial charge in [-0.25, -0.2) is 0 Å². The molecule has 0 radical (unpaired) electrons. The molecule has 0 fully saturated rings. The Morgan fingerprint density at radius 3 is 2.78 bits per heavy atom. The van der Waals surface area contributed by atoms with Crippen LogP contribution in [0.1, 0.15) is 28.8 Å². The molecule has 0 bridgehead atoms. The third-order valence-electron chi connectivity index (χ3n) is 3.76. The number of fused-ring (bicyclic) bond motifs is 1. The van der Waals surface area contributed by atoms with Crippen LogP contribution in [0.3, 0.4) is 0 Å². The first-order valence-corrected chi connectivity index (χ1v) is 7.62. The van der Waals surface area contributed by atoms with E-state index >= 15 is 0 Å². The molecule has 1 nitrogen and oxygen atoms in total. The minimum absolute atomic E-state index is 0.671. The van der Waals surface area contributed by atoms with Crippen molar-refractivity contribution in [2.75, 3.05) is 0 Å². The van der Waals surface area contributed by atoms with Gasteiger partial charge < -0.3 is 5.32 Å².